The molecule has 166 valence electrons. The third-order valence-electron chi connectivity index (χ3n) is 4.98. The largest absolute Gasteiger partial charge is 0.436 e. The topological polar surface area (TPSA) is 64.7 Å². The Morgan fingerprint density at radius 1 is 0.971 bits per heavy atom. The Morgan fingerprint density at radius 2 is 1.76 bits per heavy atom. The predicted molar refractivity (Wildman–Crippen MR) is 137 cm³/mol. The van der Waals surface area contributed by atoms with Crippen LogP contribution in [0.1, 0.15) is 15.9 Å². The molecule has 0 saturated carbocycles. The molecule has 1 aromatic heterocycles. The van der Waals surface area contributed by atoms with Crippen molar-refractivity contribution in [1.29, 1.82) is 0 Å². The summed E-state index contributed by atoms with van der Waals surface area (Å²) >= 11 is 9.42. The second kappa shape index (κ2) is 9.63. The molecule has 5 nitrogen and oxygen atoms in total. The van der Waals surface area contributed by atoms with Crippen molar-refractivity contribution in [3.63, 3.8) is 0 Å². The fourth-order valence-corrected chi connectivity index (χ4v) is 3.72. The zero-order chi connectivity index (χ0) is 23.5. The van der Waals surface area contributed by atoms with Gasteiger partial charge in [-0.25, -0.2) is 9.78 Å². The number of esters is 1. The molecule has 0 aliphatic heterocycles. The van der Waals surface area contributed by atoms with Crippen LogP contribution in [0.2, 0.25) is 5.02 Å². The first-order valence-corrected chi connectivity index (χ1v) is 11.5. The van der Waals surface area contributed by atoms with Gasteiger partial charge in [-0.1, -0.05) is 33.6 Å². The van der Waals surface area contributed by atoms with Gasteiger partial charge in [0.25, 0.3) is 0 Å². The van der Waals surface area contributed by atoms with Gasteiger partial charge in [0.05, 0.1) is 11.3 Å². The van der Waals surface area contributed by atoms with Gasteiger partial charge in [-0.3, -0.25) is 4.99 Å². The zero-order valence-electron chi connectivity index (χ0n) is 17.6. The van der Waals surface area contributed by atoms with E-state index in [9.17, 15) is 4.79 Å². The van der Waals surface area contributed by atoms with Gasteiger partial charge >= 0.3 is 5.97 Å². The van der Waals surface area contributed by atoms with E-state index in [2.05, 4.69) is 25.9 Å². The number of carbonyl (C=O) groups excluding carboxylic acids is 1. The number of oxazole rings is 1. The lowest BCUT2D eigenvalue weighted by atomic mass is 10.2. The molecule has 7 heteroatoms. The molecule has 0 spiro atoms. The van der Waals surface area contributed by atoms with Crippen LogP contribution >= 0.6 is 27.5 Å². The lowest BCUT2D eigenvalue weighted by Crippen LogP contribution is -2.08. The molecule has 0 atom stereocenters. The number of carbonyl (C=O) groups is 1. The summed E-state index contributed by atoms with van der Waals surface area (Å²) in [5.74, 6) is 0.557. The molecule has 0 aliphatic carbocycles. The van der Waals surface area contributed by atoms with Crippen LogP contribution < -0.4 is 4.74 Å². The Hall–Kier alpha value is -3.74. The fraction of sp³-hybridized carbons (Fsp3) is 0. The Balaban J connectivity index is 1.28. The Bertz CT molecular complexity index is 1510. The van der Waals surface area contributed by atoms with Gasteiger partial charge in [0.2, 0.25) is 5.89 Å². The van der Waals surface area contributed by atoms with E-state index in [1.165, 1.54) is 0 Å². The second-order valence-electron chi connectivity index (χ2n) is 7.41. The van der Waals surface area contributed by atoms with E-state index in [4.69, 9.17) is 20.8 Å². The minimum absolute atomic E-state index is 0.410. The number of ether oxygens (including phenoxy) is 1. The molecule has 1 heterocycles. The number of rotatable bonds is 5. The number of nitrogens with zero attached hydrogens (tertiary/aromatic N) is 2. The van der Waals surface area contributed by atoms with Gasteiger partial charge < -0.3 is 9.15 Å². The SMILES string of the molecule is O=C(Oc1ccc(C=Nc2ccc3oc(-c4cccc(Cl)c4)nc3c2)cc1)c1ccc(Br)cc1. The highest BCUT2D eigenvalue weighted by Gasteiger charge is 2.10. The number of halogens is 2. The Morgan fingerprint density at radius 3 is 2.53 bits per heavy atom. The number of aliphatic imine (C=N–C) groups is 1. The molecule has 0 bridgehead atoms. The van der Waals surface area contributed by atoms with Gasteiger partial charge in [-0.2, -0.15) is 0 Å². The maximum Gasteiger partial charge on any atom is 0.343 e. The molecule has 5 aromatic rings. The van der Waals surface area contributed by atoms with E-state index in [1.807, 2.05) is 48.5 Å². The predicted octanol–water partition coefficient (Wildman–Crippen LogP) is 7.88. The lowest BCUT2D eigenvalue weighted by molar-refractivity contribution is 0.0734. The number of hydrogen-bond acceptors (Lipinski definition) is 5. The number of hydrogen-bond donors (Lipinski definition) is 0. The van der Waals surface area contributed by atoms with Crippen LogP contribution in [0.25, 0.3) is 22.6 Å². The van der Waals surface area contributed by atoms with Crippen molar-refractivity contribution in [3.8, 4) is 17.2 Å². The van der Waals surface area contributed by atoms with Crippen LogP contribution in [0.5, 0.6) is 5.75 Å². The highest BCUT2D eigenvalue weighted by Crippen LogP contribution is 2.28. The highest BCUT2D eigenvalue weighted by molar-refractivity contribution is 9.10. The molecule has 0 saturated heterocycles. The smallest absolute Gasteiger partial charge is 0.343 e. The zero-order valence-corrected chi connectivity index (χ0v) is 20.0. The van der Waals surface area contributed by atoms with E-state index in [-0.39, 0.29) is 0 Å². The van der Waals surface area contributed by atoms with Crippen molar-refractivity contribution in [2.45, 2.75) is 0 Å². The third-order valence-corrected chi connectivity index (χ3v) is 5.74. The number of aromatic nitrogens is 1. The van der Waals surface area contributed by atoms with Crippen molar-refractivity contribution in [1.82, 2.24) is 4.98 Å². The molecule has 0 N–H and O–H groups in total. The summed E-state index contributed by atoms with van der Waals surface area (Å²) in [5.41, 5.74) is 4.28. The molecule has 4 aromatic carbocycles. The fourth-order valence-electron chi connectivity index (χ4n) is 3.26. The van der Waals surface area contributed by atoms with E-state index in [0.717, 1.165) is 21.3 Å². The first-order valence-electron chi connectivity index (χ1n) is 10.3. The van der Waals surface area contributed by atoms with Crippen molar-refractivity contribution < 1.29 is 13.9 Å². The van der Waals surface area contributed by atoms with E-state index in [1.54, 1.807) is 48.7 Å². The Labute approximate surface area is 208 Å². The summed E-state index contributed by atoms with van der Waals surface area (Å²) in [4.78, 5) is 21.3. The third kappa shape index (κ3) is 5.09. The maximum absolute atomic E-state index is 12.3. The maximum atomic E-state index is 12.3. The molecule has 0 aliphatic rings. The first kappa shape index (κ1) is 22.1. The molecule has 0 unspecified atom stereocenters. The van der Waals surface area contributed by atoms with Gasteiger partial charge in [0.1, 0.15) is 11.3 Å². The van der Waals surface area contributed by atoms with Gasteiger partial charge in [-0.15, -0.1) is 0 Å². The lowest BCUT2D eigenvalue weighted by Gasteiger charge is -2.04. The van der Waals surface area contributed by atoms with E-state index < -0.39 is 5.97 Å². The van der Waals surface area contributed by atoms with Crippen molar-refractivity contribution in [3.05, 3.63) is 112 Å². The van der Waals surface area contributed by atoms with Crippen molar-refractivity contribution in [2.24, 2.45) is 4.99 Å². The number of fused-ring (bicyclic) bond motifs is 1. The molecule has 0 fully saturated rings. The highest BCUT2D eigenvalue weighted by atomic mass is 79.9. The van der Waals surface area contributed by atoms with Crippen molar-refractivity contribution in [2.75, 3.05) is 0 Å². The molecular formula is C27H16BrClN2O3. The van der Waals surface area contributed by atoms with Crippen LogP contribution in [-0.2, 0) is 0 Å². The van der Waals surface area contributed by atoms with Crippen LogP contribution in [0, 0.1) is 0 Å². The van der Waals surface area contributed by atoms with E-state index in [0.29, 0.717) is 33.3 Å². The standard InChI is InChI=1S/C27H16BrClN2O3/c28-20-8-6-18(7-9-20)27(32)33-23-11-4-17(5-12-23)16-30-22-10-13-25-24(15-22)31-26(34-25)19-2-1-3-21(29)14-19/h1-16H. The summed E-state index contributed by atoms with van der Waals surface area (Å²) in [6.45, 7) is 0. The first-order chi connectivity index (χ1) is 16.5. The normalized spacial score (nSPS) is 11.2. The van der Waals surface area contributed by atoms with Crippen LogP contribution in [-0.4, -0.2) is 17.2 Å². The minimum atomic E-state index is -0.410. The van der Waals surface area contributed by atoms with Crippen LogP contribution in [0.3, 0.4) is 0 Å². The quantitative estimate of drug-likeness (QED) is 0.131. The summed E-state index contributed by atoms with van der Waals surface area (Å²) in [6, 6.07) is 27.1. The van der Waals surface area contributed by atoms with Crippen molar-refractivity contribution >= 4 is 56.5 Å². The molecule has 5 rings (SSSR count). The van der Waals surface area contributed by atoms with Gasteiger partial charge in [0.15, 0.2) is 5.58 Å². The number of benzene rings is 4. The Kier molecular flexibility index (Phi) is 6.25. The summed E-state index contributed by atoms with van der Waals surface area (Å²) in [5, 5.41) is 0.624. The van der Waals surface area contributed by atoms with E-state index >= 15 is 0 Å². The summed E-state index contributed by atoms with van der Waals surface area (Å²) in [7, 11) is 0. The minimum Gasteiger partial charge on any atom is -0.436 e. The van der Waals surface area contributed by atoms with Crippen LogP contribution in [0.4, 0.5) is 5.69 Å². The molecular weight excluding hydrogens is 516 g/mol. The van der Waals surface area contributed by atoms with Crippen LogP contribution in [0.15, 0.2) is 105 Å². The second-order valence-corrected chi connectivity index (χ2v) is 8.76. The molecule has 34 heavy (non-hydrogen) atoms. The summed E-state index contributed by atoms with van der Waals surface area (Å²) < 4.78 is 12.2. The summed E-state index contributed by atoms with van der Waals surface area (Å²) in [6.07, 6.45) is 1.74. The average Bonchev–Trinajstić information content (AvgIpc) is 3.28. The van der Waals surface area contributed by atoms with Gasteiger partial charge in [-0.05, 0) is 90.5 Å². The average molecular weight is 532 g/mol. The molecule has 0 amide bonds. The molecule has 0 radical (unpaired) electrons. The van der Waals surface area contributed by atoms with Gasteiger partial charge in [0, 0.05) is 21.3 Å². The monoisotopic (exact) mass is 530 g/mol.